The summed E-state index contributed by atoms with van der Waals surface area (Å²) < 4.78 is 11.4. The first-order valence-electron chi connectivity index (χ1n) is 12.4. The standard InChI is InChI=1S/C27H39N3O3/c1-27(2,3)32-26(31)30-16-14-20(15-17-30)9-13-24-22-12-11-21(10-8-19-6-7-19)23(18-29(4)5)25(22)33-28-24/h8,10-12,19-20H,6-7,9,13-18H2,1-5H3/b10-8-. The van der Waals surface area contributed by atoms with Gasteiger partial charge in [-0.15, -0.1) is 0 Å². The number of amides is 1. The zero-order valence-electron chi connectivity index (χ0n) is 20.9. The van der Waals surface area contributed by atoms with Gasteiger partial charge in [-0.2, -0.15) is 0 Å². The van der Waals surface area contributed by atoms with E-state index < -0.39 is 5.60 Å². The Balaban J connectivity index is 1.39. The van der Waals surface area contributed by atoms with Crippen LogP contribution in [0, 0.1) is 11.8 Å². The molecule has 6 heteroatoms. The number of hydrogen-bond acceptors (Lipinski definition) is 5. The van der Waals surface area contributed by atoms with Gasteiger partial charge in [0.1, 0.15) is 5.60 Å². The molecule has 2 heterocycles. The number of carbonyl (C=O) groups excluding carboxylic acids is 1. The highest BCUT2D eigenvalue weighted by Gasteiger charge is 2.27. The van der Waals surface area contributed by atoms with Gasteiger partial charge >= 0.3 is 6.09 Å². The fourth-order valence-electron chi connectivity index (χ4n) is 4.54. The van der Waals surface area contributed by atoms with E-state index in [4.69, 9.17) is 9.26 Å². The van der Waals surface area contributed by atoms with Crippen molar-refractivity contribution < 1.29 is 14.1 Å². The fraction of sp³-hybridized carbons (Fsp3) is 0.630. The maximum atomic E-state index is 12.3. The lowest BCUT2D eigenvalue weighted by Gasteiger charge is -2.33. The number of aromatic nitrogens is 1. The molecule has 0 bridgehead atoms. The molecule has 1 aliphatic heterocycles. The van der Waals surface area contributed by atoms with Crippen molar-refractivity contribution in [2.24, 2.45) is 11.8 Å². The maximum absolute atomic E-state index is 12.3. The van der Waals surface area contributed by atoms with Crippen LogP contribution in [0.3, 0.4) is 0 Å². The lowest BCUT2D eigenvalue weighted by Crippen LogP contribution is -2.41. The number of rotatable bonds is 7. The van der Waals surface area contributed by atoms with Gasteiger partial charge in [-0.05, 0) is 96.9 Å². The zero-order valence-corrected chi connectivity index (χ0v) is 20.9. The first kappa shape index (κ1) is 23.8. The van der Waals surface area contributed by atoms with Crippen LogP contribution in [0.4, 0.5) is 4.79 Å². The lowest BCUT2D eigenvalue weighted by atomic mass is 9.91. The fourth-order valence-corrected chi connectivity index (χ4v) is 4.54. The molecule has 1 saturated carbocycles. The molecule has 6 nitrogen and oxygen atoms in total. The van der Waals surface area contributed by atoms with E-state index in [2.05, 4.69) is 48.4 Å². The monoisotopic (exact) mass is 453 g/mol. The van der Waals surface area contributed by atoms with Crippen molar-refractivity contribution in [3.8, 4) is 0 Å². The van der Waals surface area contributed by atoms with Crippen LogP contribution >= 0.6 is 0 Å². The highest BCUT2D eigenvalue weighted by Crippen LogP contribution is 2.33. The van der Waals surface area contributed by atoms with Crippen LogP contribution in [0.15, 0.2) is 22.7 Å². The third kappa shape index (κ3) is 6.38. The van der Waals surface area contributed by atoms with Crippen LogP contribution in [0.5, 0.6) is 0 Å². The summed E-state index contributed by atoms with van der Waals surface area (Å²) in [5.41, 5.74) is 3.99. The Morgan fingerprint density at radius 1 is 1.21 bits per heavy atom. The van der Waals surface area contributed by atoms with E-state index in [1.165, 1.54) is 24.0 Å². The normalized spacial score (nSPS) is 18.1. The van der Waals surface area contributed by atoms with Crippen molar-refractivity contribution in [1.82, 2.24) is 15.0 Å². The minimum atomic E-state index is -0.444. The maximum Gasteiger partial charge on any atom is 0.410 e. The van der Waals surface area contributed by atoms with Gasteiger partial charge in [-0.1, -0.05) is 23.4 Å². The number of nitrogens with zero attached hydrogens (tertiary/aromatic N) is 3. The Kier molecular flexibility index (Phi) is 7.13. The van der Waals surface area contributed by atoms with Crippen LogP contribution < -0.4 is 0 Å². The number of carbonyl (C=O) groups is 1. The molecule has 1 aliphatic carbocycles. The van der Waals surface area contributed by atoms with Gasteiger partial charge in [-0.25, -0.2) is 4.79 Å². The first-order valence-corrected chi connectivity index (χ1v) is 12.4. The predicted molar refractivity (Wildman–Crippen MR) is 132 cm³/mol. The second kappa shape index (κ2) is 9.88. The van der Waals surface area contributed by atoms with Crippen LogP contribution in [0.25, 0.3) is 17.0 Å². The number of benzene rings is 1. The number of hydrogen-bond donors (Lipinski definition) is 0. The number of fused-ring (bicyclic) bond motifs is 1. The van der Waals surface area contributed by atoms with Crippen molar-refractivity contribution in [3.63, 3.8) is 0 Å². The molecule has 1 aromatic heterocycles. The van der Waals surface area contributed by atoms with Gasteiger partial charge in [0.05, 0.1) is 5.69 Å². The third-order valence-corrected chi connectivity index (χ3v) is 6.55. The van der Waals surface area contributed by atoms with Gasteiger partial charge in [0.25, 0.3) is 0 Å². The smallest absolute Gasteiger partial charge is 0.410 e. The van der Waals surface area contributed by atoms with E-state index in [9.17, 15) is 4.79 Å². The Hall–Kier alpha value is -2.34. The van der Waals surface area contributed by atoms with Crippen LogP contribution in [0.2, 0.25) is 0 Å². The van der Waals surface area contributed by atoms with Crippen LogP contribution in [-0.4, -0.2) is 53.8 Å². The minimum Gasteiger partial charge on any atom is -0.444 e. The topological polar surface area (TPSA) is 58.8 Å². The highest BCUT2D eigenvalue weighted by molar-refractivity contribution is 5.86. The molecule has 0 unspecified atom stereocenters. The molecule has 2 aromatic rings. The van der Waals surface area contributed by atoms with Gasteiger partial charge in [-0.3, -0.25) is 0 Å². The van der Waals surface area contributed by atoms with E-state index in [0.717, 1.165) is 67.9 Å². The number of aryl methyl sites for hydroxylation is 1. The third-order valence-electron chi connectivity index (χ3n) is 6.55. The second-order valence-corrected chi connectivity index (χ2v) is 11.0. The summed E-state index contributed by atoms with van der Waals surface area (Å²) in [5, 5.41) is 5.62. The highest BCUT2D eigenvalue weighted by atomic mass is 16.6. The minimum absolute atomic E-state index is 0.191. The van der Waals surface area contributed by atoms with E-state index in [1.807, 2.05) is 25.7 Å². The Bertz CT molecular complexity index is 990. The van der Waals surface area contributed by atoms with Crippen molar-refractivity contribution in [3.05, 3.63) is 35.0 Å². The molecule has 0 atom stereocenters. The summed E-state index contributed by atoms with van der Waals surface area (Å²) in [6.07, 6.45) is 11.0. The molecule has 1 amide bonds. The lowest BCUT2D eigenvalue weighted by molar-refractivity contribution is 0.0181. The molecule has 1 aromatic carbocycles. The van der Waals surface area contributed by atoms with E-state index in [0.29, 0.717) is 5.92 Å². The zero-order chi connectivity index (χ0) is 23.6. The SMILES string of the molecule is CN(C)Cc1c(/C=C\C2CC2)ccc2c(CCC3CCN(C(=O)OC(C)(C)C)CC3)noc12. The Morgan fingerprint density at radius 3 is 2.58 bits per heavy atom. The molecular formula is C27H39N3O3. The molecule has 1 saturated heterocycles. The summed E-state index contributed by atoms with van der Waals surface area (Å²) in [5.74, 6) is 1.34. The molecule has 2 aliphatic rings. The van der Waals surface area contributed by atoms with Crippen molar-refractivity contribution >= 4 is 23.1 Å². The molecule has 2 fully saturated rings. The van der Waals surface area contributed by atoms with Crippen molar-refractivity contribution in [2.75, 3.05) is 27.2 Å². The molecule has 180 valence electrons. The molecular weight excluding hydrogens is 414 g/mol. The predicted octanol–water partition coefficient (Wildman–Crippen LogP) is 5.89. The van der Waals surface area contributed by atoms with Gasteiger partial charge in [0, 0.05) is 30.6 Å². The van der Waals surface area contributed by atoms with E-state index >= 15 is 0 Å². The summed E-state index contributed by atoms with van der Waals surface area (Å²) in [6, 6.07) is 4.40. The number of piperidine rings is 1. The Morgan fingerprint density at radius 2 is 1.94 bits per heavy atom. The summed E-state index contributed by atoms with van der Waals surface area (Å²) in [6.45, 7) is 8.10. The summed E-state index contributed by atoms with van der Waals surface area (Å²) in [4.78, 5) is 16.3. The number of allylic oxidation sites excluding steroid dienone is 1. The summed E-state index contributed by atoms with van der Waals surface area (Å²) >= 11 is 0. The molecule has 0 radical (unpaired) electrons. The van der Waals surface area contributed by atoms with E-state index in [1.54, 1.807) is 0 Å². The number of likely N-dealkylation sites (tertiary alicyclic amines) is 1. The summed E-state index contributed by atoms with van der Waals surface area (Å²) in [7, 11) is 4.18. The van der Waals surface area contributed by atoms with Crippen LogP contribution in [0.1, 0.15) is 69.7 Å². The molecule has 0 N–H and O–H groups in total. The average Bonchev–Trinajstić information content (AvgIpc) is 3.48. The molecule has 0 spiro atoms. The second-order valence-electron chi connectivity index (χ2n) is 11.0. The van der Waals surface area contributed by atoms with E-state index in [-0.39, 0.29) is 6.09 Å². The largest absolute Gasteiger partial charge is 0.444 e. The first-order chi connectivity index (χ1) is 15.7. The van der Waals surface area contributed by atoms with Crippen molar-refractivity contribution in [2.45, 2.75) is 71.4 Å². The van der Waals surface area contributed by atoms with Crippen LogP contribution in [-0.2, 0) is 17.7 Å². The quantitative estimate of drug-likeness (QED) is 0.523. The van der Waals surface area contributed by atoms with Gasteiger partial charge < -0.3 is 19.1 Å². The van der Waals surface area contributed by atoms with Crippen molar-refractivity contribution in [1.29, 1.82) is 0 Å². The van der Waals surface area contributed by atoms with Gasteiger partial charge in [0.2, 0.25) is 0 Å². The molecule has 33 heavy (non-hydrogen) atoms. The van der Waals surface area contributed by atoms with Gasteiger partial charge in [0.15, 0.2) is 5.58 Å². The number of ether oxygens (including phenoxy) is 1. The average molecular weight is 454 g/mol. The Labute approximate surface area is 197 Å². The molecule has 4 rings (SSSR count).